The molecule has 0 aliphatic carbocycles. The maximum atomic E-state index is 2.29. The number of benzene rings is 3. The highest BCUT2D eigenvalue weighted by atomic mass is 14.2. The molecule has 3 rings (SSSR count). The van der Waals surface area contributed by atoms with Crippen molar-refractivity contribution in [2.24, 2.45) is 0 Å². The van der Waals surface area contributed by atoms with Gasteiger partial charge in [0.1, 0.15) is 0 Å². The minimum Gasteiger partial charge on any atom is -0.0620 e. The maximum Gasteiger partial charge on any atom is -0.0146 e. The second kappa shape index (κ2) is 9.92. The Balaban J connectivity index is 0.000000209. The number of hydrogen-bond donors (Lipinski definition) is 0. The quantitative estimate of drug-likeness (QED) is 0.427. The number of fused-ring (bicyclic) bond motifs is 1. The van der Waals surface area contributed by atoms with E-state index in [2.05, 4.69) is 116 Å². The Hall–Kier alpha value is -2.08. The molecule has 3 aromatic rings. The fraction of sp³-hybridized carbons (Fsp3) is 0.429. The van der Waals surface area contributed by atoms with Gasteiger partial charge < -0.3 is 0 Å². The zero-order valence-corrected chi connectivity index (χ0v) is 19.1. The summed E-state index contributed by atoms with van der Waals surface area (Å²) in [4.78, 5) is 0. The summed E-state index contributed by atoms with van der Waals surface area (Å²) >= 11 is 0. The van der Waals surface area contributed by atoms with Gasteiger partial charge in [0.15, 0.2) is 0 Å². The van der Waals surface area contributed by atoms with E-state index < -0.39 is 0 Å². The van der Waals surface area contributed by atoms with Crippen LogP contribution in [0.1, 0.15) is 101 Å². The lowest BCUT2D eigenvalue weighted by molar-refractivity contribution is 0.790. The van der Waals surface area contributed by atoms with Crippen LogP contribution in [0.2, 0.25) is 0 Å². The molecule has 0 saturated heterocycles. The molecule has 0 bridgehead atoms. The highest BCUT2D eigenvalue weighted by Crippen LogP contribution is 2.32. The summed E-state index contributed by atoms with van der Waals surface area (Å²) in [5.41, 5.74) is 6.00. The van der Waals surface area contributed by atoms with Crippen molar-refractivity contribution in [3.8, 4) is 0 Å². The van der Waals surface area contributed by atoms with E-state index in [1.807, 2.05) is 0 Å². The third kappa shape index (κ3) is 5.25. The summed E-state index contributed by atoms with van der Waals surface area (Å²) in [5.74, 6) is 2.47. The van der Waals surface area contributed by atoms with Gasteiger partial charge in [-0.25, -0.2) is 0 Å². The molecule has 0 heterocycles. The number of rotatable bonds is 4. The van der Waals surface area contributed by atoms with Gasteiger partial charge in [-0.1, -0.05) is 116 Å². The minimum absolute atomic E-state index is 0.587. The molecular formula is C28H38. The van der Waals surface area contributed by atoms with Crippen molar-refractivity contribution in [2.45, 2.75) is 79.1 Å². The summed E-state index contributed by atoms with van der Waals surface area (Å²) in [6.07, 6.45) is 0. The largest absolute Gasteiger partial charge is 0.0620 e. The lowest BCUT2D eigenvalue weighted by atomic mass is 9.86. The van der Waals surface area contributed by atoms with E-state index in [1.54, 1.807) is 0 Å². The third-order valence-electron chi connectivity index (χ3n) is 5.44. The first-order valence-electron chi connectivity index (χ1n) is 10.8. The van der Waals surface area contributed by atoms with Crippen molar-refractivity contribution < 1.29 is 0 Å². The molecule has 150 valence electrons. The van der Waals surface area contributed by atoms with Gasteiger partial charge in [0.05, 0.1) is 0 Å². The minimum atomic E-state index is 0.587. The van der Waals surface area contributed by atoms with Crippen molar-refractivity contribution in [3.05, 3.63) is 82.9 Å². The van der Waals surface area contributed by atoms with Gasteiger partial charge >= 0.3 is 0 Å². The third-order valence-corrected chi connectivity index (χ3v) is 5.44. The Morgan fingerprint density at radius 2 is 0.893 bits per heavy atom. The zero-order valence-electron chi connectivity index (χ0n) is 19.1. The normalized spacial score (nSPS) is 11.4. The molecule has 0 nitrogen and oxygen atoms in total. The molecule has 0 atom stereocenters. The smallest absolute Gasteiger partial charge is 0.0146 e. The first-order valence-corrected chi connectivity index (χ1v) is 10.8. The van der Waals surface area contributed by atoms with Gasteiger partial charge in [-0.15, -0.1) is 0 Å². The van der Waals surface area contributed by atoms with Gasteiger partial charge in [0, 0.05) is 0 Å². The van der Waals surface area contributed by atoms with E-state index in [0.717, 1.165) is 0 Å². The van der Waals surface area contributed by atoms with Crippen molar-refractivity contribution >= 4 is 10.8 Å². The lowest BCUT2D eigenvalue weighted by Crippen LogP contribution is -1.99. The Morgan fingerprint density at radius 1 is 0.429 bits per heavy atom. The molecule has 0 aliphatic heterocycles. The van der Waals surface area contributed by atoms with E-state index >= 15 is 0 Å². The molecule has 0 fully saturated rings. The Labute approximate surface area is 173 Å². The second-order valence-corrected chi connectivity index (χ2v) is 9.04. The van der Waals surface area contributed by atoms with Crippen LogP contribution in [0.4, 0.5) is 0 Å². The molecule has 0 N–H and O–H groups in total. The summed E-state index contributed by atoms with van der Waals surface area (Å²) in [5, 5.41) is 2.78. The van der Waals surface area contributed by atoms with Crippen LogP contribution >= 0.6 is 0 Å². The second-order valence-electron chi connectivity index (χ2n) is 9.04. The molecule has 0 aliphatic rings. The molecule has 0 heteroatoms. The fourth-order valence-electron chi connectivity index (χ4n) is 4.02. The van der Waals surface area contributed by atoms with Crippen LogP contribution < -0.4 is 0 Å². The van der Waals surface area contributed by atoms with Crippen molar-refractivity contribution in [2.75, 3.05) is 0 Å². The van der Waals surface area contributed by atoms with Gasteiger partial charge in [-0.2, -0.15) is 0 Å². The molecular weight excluding hydrogens is 336 g/mol. The zero-order chi connectivity index (χ0) is 20.8. The Morgan fingerprint density at radius 3 is 1.36 bits per heavy atom. The highest BCUT2D eigenvalue weighted by Gasteiger charge is 2.13. The molecule has 0 radical (unpaired) electrons. The van der Waals surface area contributed by atoms with Gasteiger partial charge in [0.25, 0.3) is 0 Å². The standard InChI is InChI=1S/C16H20.C12H18/c1-11(2)14-10-9-13-7-5-6-8-15(13)16(14)12(3)4;1-9(2)11-7-5-6-8-12(11)10(3)4/h5-12H,1-4H3;5-10H,1-4H3. The first-order chi connectivity index (χ1) is 13.2. The molecule has 0 amide bonds. The molecule has 0 saturated carbocycles. The maximum absolute atomic E-state index is 2.29. The van der Waals surface area contributed by atoms with Gasteiger partial charge in [0.2, 0.25) is 0 Å². The monoisotopic (exact) mass is 374 g/mol. The van der Waals surface area contributed by atoms with Gasteiger partial charge in [-0.05, 0) is 56.7 Å². The summed E-state index contributed by atoms with van der Waals surface area (Å²) in [6.45, 7) is 18.1. The average molecular weight is 375 g/mol. The van der Waals surface area contributed by atoms with Crippen LogP contribution in [0.25, 0.3) is 10.8 Å². The van der Waals surface area contributed by atoms with Gasteiger partial charge in [-0.3, -0.25) is 0 Å². The summed E-state index contributed by atoms with van der Waals surface area (Å²) in [6, 6.07) is 22.0. The SMILES string of the molecule is CC(C)c1ccc2ccccc2c1C(C)C.CC(C)c1ccccc1C(C)C. The van der Waals surface area contributed by atoms with Crippen molar-refractivity contribution in [1.82, 2.24) is 0 Å². The topological polar surface area (TPSA) is 0 Å². The predicted molar refractivity (Wildman–Crippen MR) is 127 cm³/mol. The van der Waals surface area contributed by atoms with E-state index in [1.165, 1.54) is 33.0 Å². The highest BCUT2D eigenvalue weighted by molar-refractivity contribution is 5.87. The van der Waals surface area contributed by atoms with E-state index in [-0.39, 0.29) is 0 Å². The van der Waals surface area contributed by atoms with Crippen molar-refractivity contribution in [3.63, 3.8) is 0 Å². The van der Waals surface area contributed by atoms with Crippen LogP contribution in [-0.4, -0.2) is 0 Å². The molecule has 3 aromatic carbocycles. The van der Waals surface area contributed by atoms with E-state index in [4.69, 9.17) is 0 Å². The van der Waals surface area contributed by atoms with Crippen LogP contribution in [0.15, 0.2) is 60.7 Å². The Bertz CT molecular complexity index is 854. The van der Waals surface area contributed by atoms with Crippen LogP contribution in [0, 0.1) is 0 Å². The molecule has 28 heavy (non-hydrogen) atoms. The van der Waals surface area contributed by atoms with Crippen LogP contribution in [0.5, 0.6) is 0 Å². The summed E-state index contributed by atoms with van der Waals surface area (Å²) in [7, 11) is 0. The fourth-order valence-corrected chi connectivity index (χ4v) is 4.02. The average Bonchev–Trinajstić information content (AvgIpc) is 2.67. The lowest BCUT2D eigenvalue weighted by Gasteiger charge is -2.18. The Kier molecular flexibility index (Phi) is 7.87. The summed E-state index contributed by atoms with van der Waals surface area (Å²) < 4.78 is 0. The first kappa shape index (κ1) is 22.2. The van der Waals surface area contributed by atoms with E-state index in [0.29, 0.717) is 23.7 Å². The number of hydrogen-bond acceptors (Lipinski definition) is 0. The van der Waals surface area contributed by atoms with E-state index in [9.17, 15) is 0 Å². The molecule has 0 spiro atoms. The molecule has 0 aromatic heterocycles. The molecule has 0 unspecified atom stereocenters. The van der Waals surface area contributed by atoms with Crippen LogP contribution in [-0.2, 0) is 0 Å². The predicted octanol–water partition coefficient (Wildman–Crippen LogP) is 9.02. The van der Waals surface area contributed by atoms with Crippen molar-refractivity contribution in [1.29, 1.82) is 0 Å². The van der Waals surface area contributed by atoms with Crippen LogP contribution in [0.3, 0.4) is 0 Å².